The normalized spacial score (nSPS) is 10.2. The predicted octanol–water partition coefficient (Wildman–Crippen LogP) is 1.88. The molecule has 2 aromatic rings. The highest BCUT2D eigenvalue weighted by molar-refractivity contribution is 6.29. The number of aromatic nitrogens is 2. The van der Waals surface area contributed by atoms with Crippen molar-refractivity contribution in [2.24, 2.45) is 5.73 Å². The van der Waals surface area contributed by atoms with Crippen molar-refractivity contribution in [3.8, 4) is 0 Å². The molecule has 0 fully saturated rings. The summed E-state index contributed by atoms with van der Waals surface area (Å²) in [6, 6.07) is 8.76. The maximum atomic E-state index is 12.0. The molecule has 0 bridgehead atoms. The van der Waals surface area contributed by atoms with Crippen LogP contribution in [0.2, 0.25) is 5.15 Å². The van der Waals surface area contributed by atoms with Gasteiger partial charge in [0.2, 0.25) is 0 Å². The number of carbonyl (C=O) groups is 1. The highest BCUT2D eigenvalue weighted by Crippen LogP contribution is 2.11. The molecule has 0 radical (unpaired) electrons. The average molecular weight is 277 g/mol. The summed E-state index contributed by atoms with van der Waals surface area (Å²) < 4.78 is 0. The summed E-state index contributed by atoms with van der Waals surface area (Å²) in [6.07, 6.45) is 2.09. The molecule has 0 atom stereocenters. The summed E-state index contributed by atoms with van der Waals surface area (Å²) in [5, 5.41) is 2.93. The highest BCUT2D eigenvalue weighted by Gasteiger charge is 2.07. The van der Waals surface area contributed by atoms with Gasteiger partial charge in [0.05, 0.1) is 0 Å². The maximum absolute atomic E-state index is 12.0. The minimum Gasteiger partial charge on any atom is -0.330 e. The molecule has 0 aliphatic rings. The van der Waals surface area contributed by atoms with Crippen molar-refractivity contribution in [3.05, 3.63) is 52.9 Å². The van der Waals surface area contributed by atoms with Gasteiger partial charge < -0.3 is 11.1 Å². The molecular formula is C13H13ClN4O. The van der Waals surface area contributed by atoms with Crippen LogP contribution in [0.3, 0.4) is 0 Å². The van der Waals surface area contributed by atoms with Gasteiger partial charge >= 0.3 is 0 Å². The van der Waals surface area contributed by atoms with Crippen molar-refractivity contribution in [3.63, 3.8) is 0 Å². The number of amides is 1. The fourth-order valence-corrected chi connectivity index (χ4v) is 1.73. The van der Waals surface area contributed by atoms with Crippen LogP contribution in [0.1, 0.15) is 15.9 Å². The minimum absolute atomic E-state index is 0.242. The second-order valence-electron chi connectivity index (χ2n) is 3.92. The van der Waals surface area contributed by atoms with Crippen LogP contribution in [-0.2, 0) is 6.42 Å². The van der Waals surface area contributed by atoms with E-state index in [9.17, 15) is 4.79 Å². The zero-order valence-corrected chi connectivity index (χ0v) is 10.9. The lowest BCUT2D eigenvalue weighted by molar-refractivity contribution is 0.102. The first-order valence-corrected chi connectivity index (χ1v) is 6.15. The number of hydrogen-bond acceptors (Lipinski definition) is 4. The molecule has 5 nitrogen and oxygen atoms in total. The molecule has 1 heterocycles. The van der Waals surface area contributed by atoms with E-state index in [0.717, 1.165) is 12.0 Å². The molecule has 0 spiro atoms. The van der Waals surface area contributed by atoms with Crippen molar-refractivity contribution in [2.45, 2.75) is 6.42 Å². The van der Waals surface area contributed by atoms with Gasteiger partial charge in [-0.15, -0.1) is 0 Å². The number of nitrogens with zero attached hydrogens (tertiary/aromatic N) is 2. The Kier molecular flexibility index (Phi) is 4.43. The lowest BCUT2D eigenvalue weighted by Crippen LogP contribution is -2.13. The Morgan fingerprint density at radius 1 is 1.26 bits per heavy atom. The largest absolute Gasteiger partial charge is 0.330 e. The van der Waals surface area contributed by atoms with Crippen LogP contribution in [0.15, 0.2) is 36.7 Å². The van der Waals surface area contributed by atoms with Gasteiger partial charge in [-0.1, -0.05) is 23.7 Å². The van der Waals surface area contributed by atoms with Crippen LogP contribution in [0, 0.1) is 0 Å². The van der Waals surface area contributed by atoms with Gasteiger partial charge in [-0.25, -0.2) is 9.97 Å². The van der Waals surface area contributed by atoms with Crippen molar-refractivity contribution >= 4 is 23.3 Å². The monoisotopic (exact) mass is 276 g/mol. The second-order valence-corrected chi connectivity index (χ2v) is 4.30. The zero-order chi connectivity index (χ0) is 13.7. The van der Waals surface area contributed by atoms with Crippen LogP contribution >= 0.6 is 11.6 Å². The fraction of sp³-hybridized carbons (Fsp3) is 0.154. The Morgan fingerprint density at radius 3 is 2.63 bits per heavy atom. The van der Waals surface area contributed by atoms with Gasteiger partial charge in [0.15, 0.2) is 0 Å². The van der Waals surface area contributed by atoms with Gasteiger partial charge in [0.25, 0.3) is 5.91 Å². The lowest BCUT2D eigenvalue weighted by atomic mass is 10.1. The SMILES string of the molecule is NCCc1ccc(C(=O)Nc2cc(Cl)ncn2)cc1. The second kappa shape index (κ2) is 6.26. The quantitative estimate of drug-likeness (QED) is 0.836. The number of benzene rings is 1. The van der Waals surface area contributed by atoms with Crippen LogP contribution < -0.4 is 11.1 Å². The first kappa shape index (κ1) is 13.5. The van der Waals surface area contributed by atoms with Crippen molar-refractivity contribution in [1.29, 1.82) is 0 Å². The Morgan fingerprint density at radius 2 is 2.00 bits per heavy atom. The third kappa shape index (κ3) is 3.74. The van der Waals surface area contributed by atoms with E-state index in [1.54, 1.807) is 12.1 Å². The smallest absolute Gasteiger partial charge is 0.256 e. The van der Waals surface area contributed by atoms with Crippen LogP contribution in [0.4, 0.5) is 5.82 Å². The van der Waals surface area contributed by atoms with Crippen LogP contribution in [0.25, 0.3) is 0 Å². The first-order chi connectivity index (χ1) is 9.19. The van der Waals surface area contributed by atoms with Gasteiger partial charge in [-0.05, 0) is 30.7 Å². The molecule has 98 valence electrons. The lowest BCUT2D eigenvalue weighted by Gasteiger charge is -2.05. The molecule has 3 N–H and O–H groups in total. The van der Waals surface area contributed by atoms with E-state index in [4.69, 9.17) is 17.3 Å². The zero-order valence-electron chi connectivity index (χ0n) is 10.1. The summed E-state index contributed by atoms with van der Waals surface area (Å²) in [6.45, 7) is 0.588. The number of anilines is 1. The summed E-state index contributed by atoms with van der Waals surface area (Å²) in [5.41, 5.74) is 7.12. The molecule has 19 heavy (non-hydrogen) atoms. The van der Waals surface area contributed by atoms with Crippen molar-refractivity contribution in [1.82, 2.24) is 9.97 Å². The molecule has 1 aromatic carbocycles. The maximum Gasteiger partial charge on any atom is 0.256 e. The van der Waals surface area contributed by atoms with Gasteiger partial charge in [0.1, 0.15) is 17.3 Å². The summed E-state index contributed by atoms with van der Waals surface area (Å²) in [4.78, 5) is 19.6. The predicted molar refractivity (Wildman–Crippen MR) is 74.2 cm³/mol. The van der Waals surface area contributed by atoms with E-state index >= 15 is 0 Å². The number of nitrogens with two attached hydrogens (primary N) is 1. The van der Waals surface area contributed by atoms with Gasteiger partial charge in [0, 0.05) is 11.6 Å². The summed E-state index contributed by atoms with van der Waals surface area (Å²) in [5.74, 6) is 0.130. The van der Waals surface area contributed by atoms with Crippen LogP contribution in [0.5, 0.6) is 0 Å². The Labute approximate surface area is 115 Å². The number of hydrogen-bond donors (Lipinski definition) is 2. The van der Waals surface area contributed by atoms with Gasteiger partial charge in [-0.2, -0.15) is 0 Å². The molecule has 6 heteroatoms. The van der Waals surface area contributed by atoms with Crippen LogP contribution in [-0.4, -0.2) is 22.4 Å². The molecule has 1 amide bonds. The minimum atomic E-state index is -0.242. The standard InChI is InChI=1S/C13H13ClN4O/c14-11-7-12(17-8-16-11)18-13(19)10-3-1-9(2-4-10)5-6-15/h1-4,7-8H,5-6,15H2,(H,16,17,18,19). The average Bonchev–Trinajstić information content (AvgIpc) is 2.40. The number of nitrogens with one attached hydrogen (secondary N) is 1. The molecule has 1 aromatic heterocycles. The number of rotatable bonds is 4. The highest BCUT2D eigenvalue weighted by atomic mass is 35.5. The topological polar surface area (TPSA) is 80.9 Å². The Bertz CT molecular complexity index is 571. The van der Waals surface area contributed by atoms with Gasteiger partial charge in [-0.3, -0.25) is 4.79 Å². The third-order valence-corrected chi connectivity index (χ3v) is 2.73. The summed E-state index contributed by atoms with van der Waals surface area (Å²) >= 11 is 5.72. The molecular weight excluding hydrogens is 264 g/mol. The van der Waals surface area contributed by atoms with E-state index in [-0.39, 0.29) is 11.1 Å². The van der Waals surface area contributed by atoms with E-state index < -0.39 is 0 Å². The van der Waals surface area contributed by atoms with E-state index in [2.05, 4.69) is 15.3 Å². The molecule has 0 unspecified atom stereocenters. The molecule has 0 aliphatic carbocycles. The van der Waals surface area contributed by atoms with E-state index in [0.29, 0.717) is 17.9 Å². The number of carbonyl (C=O) groups excluding carboxylic acids is 1. The molecule has 0 saturated carbocycles. The molecule has 2 rings (SSSR count). The Balaban J connectivity index is 2.07. The first-order valence-electron chi connectivity index (χ1n) is 5.77. The fourth-order valence-electron chi connectivity index (χ4n) is 1.58. The molecule has 0 saturated heterocycles. The molecule has 0 aliphatic heterocycles. The van der Waals surface area contributed by atoms with Crippen molar-refractivity contribution in [2.75, 3.05) is 11.9 Å². The summed E-state index contributed by atoms with van der Waals surface area (Å²) in [7, 11) is 0. The third-order valence-electron chi connectivity index (χ3n) is 2.52. The Hall–Kier alpha value is -1.98. The van der Waals surface area contributed by atoms with E-state index in [1.165, 1.54) is 12.4 Å². The van der Waals surface area contributed by atoms with Crippen molar-refractivity contribution < 1.29 is 4.79 Å². The van der Waals surface area contributed by atoms with E-state index in [1.807, 2.05) is 12.1 Å². The number of halogens is 1.